The monoisotopic (exact) mass is 373 g/mol. The number of carbonyl (C=O) groups excluding carboxylic acids is 2. The van der Waals surface area contributed by atoms with Crippen molar-refractivity contribution in [2.45, 2.75) is 18.5 Å². The van der Waals surface area contributed by atoms with Crippen LogP contribution in [0, 0.1) is 17.2 Å². The normalized spacial score (nSPS) is 18.2. The van der Waals surface area contributed by atoms with Gasteiger partial charge in [0.15, 0.2) is 5.78 Å². The number of anilines is 1. The molecule has 1 saturated heterocycles. The molecule has 27 heavy (non-hydrogen) atoms. The van der Waals surface area contributed by atoms with Crippen molar-refractivity contribution in [1.29, 1.82) is 5.26 Å². The van der Waals surface area contributed by atoms with Crippen LogP contribution in [0.2, 0.25) is 0 Å². The molecule has 0 radical (unpaired) electrons. The average molecular weight is 373 g/mol. The number of rotatable bonds is 4. The third-order valence-corrected chi connectivity index (χ3v) is 4.41. The third-order valence-electron chi connectivity index (χ3n) is 4.41. The molecule has 0 aliphatic carbocycles. The van der Waals surface area contributed by atoms with Crippen molar-refractivity contribution in [3.05, 3.63) is 59.9 Å². The van der Waals surface area contributed by atoms with Crippen molar-refractivity contribution in [2.75, 3.05) is 11.4 Å². The van der Waals surface area contributed by atoms with Gasteiger partial charge in [0, 0.05) is 30.8 Å². The lowest BCUT2D eigenvalue weighted by Gasteiger charge is -2.18. The summed E-state index contributed by atoms with van der Waals surface area (Å²) in [4.78, 5) is 30.2. The number of ketones is 1. The van der Waals surface area contributed by atoms with Gasteiger partial charge in [-0.25, -0.2) is 0 Å². The second-order valence-electron chi connectivity index (χ2n) is 6.17. The first-order valence-corrected chi connectivity index (χ1v) is 8.13. The van der Waals surface area contributed by atoms with E-state index in [1.54, 1.807) is 18.2 Å². The molecule has 2 heterocycles. The smallest absolute Gasteiger partial charge is 0.312 e. The molecule has 1 fully saturated rings. The van der Waals surface area contributed by atoms with E-state index in [0.717, 1.165) is 17.0 Å². The molecule has 2 aromatic rings. The summed E-state index contributed by atoms with van der Waals surface area (Å²) in [7, 11) is 0. The highest BCUT2D eigenvalue weighted by Crippen LogP contribution is 2.34. The minimum atomic E-state index is -4.53. The number of alkyl halides is 3. The van der Waals surface area contributed by atoms with E-state index in [-0.39, 0.29) is 24.3 Å². The Morgan fingerprint density at radius 3 is 2.67 bits per heavy atom. The number of hydrogen-bond donors (Lipinski definition) is 0. The predicted octanol–water partition coefficient (Wildman–Crippen LogP) is 3.33. The Balaban J connectivity index is 1.81. The highest BCUT2D eigenvalue weighted by atomic mass is 19.4. The summed E-state index contributed by atoms with van der Waals surface area (Å²) in [6.45, 7) is -0.0655. The second kappa shape index (κ2) is 7.19. The molecule has 3 rings (SSSR count). The maximum Gasteiger partial charge on any atom is 0.416 e. The van der Waals surface area contributed by atoms with Crippen molar-refractivity contribution in [3.8, 4) is 6.07 Å². The van der Waals surface area contributed by atoms with Crippen LogP contribution >= 0.6 is 0 Å². The van der Waals surface area contributed by atoms with Gasteiger partial charge in [0.1, 0.15) is 5.92 Å². The lowest BCUT2D eigenvalue weighted by atomic mass is 9.90. The number of amides is 1. The fourth-order valence-electron chi connectivity index (χ4n) is 3.06. The second-order valence-corrected chi connectivity index (χ2v) is 6.17. The lowest BCUT2D eigenvalue weighted by Crippen LogP contribution is -2.28. The SMILES string of the molecule is N#CC(C(=O)C1CC(=O)N(c2cccc(C(F)(F)F)c2)C1)c1ccccn1. The molecular weight excluding hydrogens is 359 g/mol. The van der Waals surface area contributed by atoms with Gasteiger partial charge in [0.2, 0.25) is 5.91 Å². The predicted molar refractivity (Wildman–Crippen MR) is 89.5 cm³/mol. The number of carbonyl (C=O) groups is 2. The summed E-state index contributed by atoms with van der Waals surface area (Å²) in [6, 6.07) is 11.1. The molecule has 1 amide bonds. The minimum absolute atomic E-state index is 0.0655. The molecule has 0 spiro atoms. The lowest BCUT2D eigenvalue weighted by molar-refractivity contribution is -0.137. The summed E-state index contributed by atoms with van der Waals surface area (Å²) >= 11 is 0. The Morgan fingerprint density at radius 1 is 1.26 bits per heavy atom. The van der Waals surface area contributed by atoms with Gasteiger partial charge in [-0.1, -0.05) is 12.1 Å². The Hall–Kier alpha value is -3.21. The van der Waals surface area contributed by atoms with Crippen LogP contribution < -0.4 is 4.90 Å². The molecule has 1 aromatic heterocycles. The first kappa shape index (κ1) is 18.6. The molecule has 138 valence electrons. The molecule has 0 bridgehead atoms. The third kappa shape index (κ3) is 3.82. The maximum atomic E-state index is 12.9. The van der Waals surface area contributed by atoms with Gasteiger partial charge in [-0.05, 0) is 30.3 Å². The van der Waals surface area contributed by atoms with E-state index in [0.29, 0.717) is 0 Å². The van der Waals surface area contributed by atoms with E-state index >= 15 is 0 Å². The van der Waals surface area contributed by atoms with Gasteiger partial charge < -0.3 is 4.90 Å². The van der Waals surface area contributed by atoms with Crippen LogP contribution in [0.25, 0.3) is 0 Å². The Labute approximate surface area is 153 Å². The molecule has 8 heteroatoms. The Kier molecular flexibility index (Phi) is 4.95. The van der Waals surface area contributed by atoms with Crippen LogP contribution in [0.5, 0.6) is 0 Å². The molecule has 1 aromatic carbocycles. The number of aromatic nitrogens is 1. The number of nitriles is 1. The van der Waals surface area contributed by atoms with Gasteiger partial charge in [0.25, 0.3) is 0 Å². The van der Waals surface area contributed by atoms with Crippen molar-refractivity contribution in [3.63, 3.8) is 0 Å². The van der Waals surface area contributed by atoms with Crippen LogP contribution in [0.1, 0.15) is 23.6 Å². The van der Waals surface area contributed by atoms with Crippen molar-refractivity contribution in [1.82, 2.24) is 4.98 Å². The number of nitrogens with zero attached hydrogens (tertiary/aromatic N) is 3. The first-order chi connectivity index (χ1) is 12.8. The number of benzene rings is 1. The van der Waals surface area contributed by atoms with Gasteiger partial charge in [-0.2, -0.15) is 18.4 Å². The number of pyridine rings is 1. The van der Waals surface area contributed by atoms with Crippen LogP contribution in [0.4, 0.5) is 18.9 Å². The zero-order valence-electron chi connectivity index (χ0n) is 14.0. The quantitative estimate of drug-likeness (QED) is 0.824. The van der Waals surface area contributed by atoms with E-state index in [1.807, 2.05) is 6.07 Å². The molecular formula is C19H14F3N3O2. The molecule has 1 aliphatic heterocycles. The summed E-state index contributed by atoms with van der Waals surface area (Å²) in [6.07, 6.45) is -3.22. The number of halogens is 3. The fraction of sp³-hybridized carbons (Fsp3) is 0.263. The van der Waals surface area contributed by atoms with Crippen LogP contribution in [0.3, 0.4) is 0 Å². The van der Waals surface area contributed by atoms with Gasteiger partial charge >= 0.3 is 6.18 Å². The zero-order chi connectivity index (χ0) is 19.6. The molecule has 2 atom stereocenters. The first-order valence-electron chi connectivity index (χ1n) is 8.13. The summed E-state index contributed by atoms with van der Waals surface area (Å²) in [5.74, 6) is -2.81. The summed E-state index contributed by atoms with van der Waals surface area (Å²) in [5.41, 5.74) is -0.502. The average Bonchev–Trinajstić information content (AvgIpc) is 3.04. The maximum absolute atomic E-state index is 12.9. The standard InChI is InChI=1S/C19H14F3N3O2/c20-19(21,22)13-4-3-5-14(9-13)25-11-12(8-17(25)26)18(27)15(10-23)16-6-1-2-7-24-16/h1-7,9,12,15H,8,11H2. The van der Waals surface area contributed by atoms with Gasteiger partial charge in [-0.15, -0.1) is 0 Å². The largest absolute Gasteiger partial charge is 0.416 e. The van der Waals surface area contributed by atoms with Crippen LogP contribution in [-0.4, -0.2) is 23.2 Å². The van der Waals surface area contributed by atoms with E-state index in [2.05, 4.69) is 4.98 Å². The van der Waals surface area contributed by atoms with Crippen molar-refractivity contribution in [2.24, 2.45) is 5.92 Å². The zero-order valence-corrected chi connectivity index (χ0v) is 14.0. The minimum Gasteiger partial charge on any atom is -0.312 e. The summed E-state index contributed by atoms with van der Waals surface area (Å²) in [5, 5.41) is 9.35. The molecule has 0 saturated carbocycles. The number of hydrogen-bond acceptors (Lipinski definition) is 4. The van der Waals surface area contributed by atoms with E-state index in [4.69, 9.17) is 0 Å². The highest BCUT2D eigenvalue weighted by Gasteiger charge is 2.39. The molecule has 0 N–H and O–H groups in total. The van der Waals surface area contributed by atoms with E-state index < -0.39 is 35.3 Å². The van der Waals surface area contributed by atoms with Gasteiger partial charge in [-0.3, -0.25) is 14.6 Å². The fourth-order valence-corrected chi connectivity index (χ4v) is 3.06. The van der Waals surface area contributed by atoms with Crippen LogP contribution in [-0.2, 0) is 15.8 Å². The van der Waals surface area contributed by atoms with E-state index in [1.165, 1.54) is 18.3 Å². The Morgan fingerprint density at radius 2 is 2.04 bits per heavy atom. The van der Waals surface area contributed by atoms with E-state index in [9.17, 15) is 28.0 Å². The topological polar surface area (TPSA) is 74.1 Å². The van der Waals surface area contributed by atoms with Crippen molar-refractivity contribution < 1.29 is 22.8 Å². The molecule has 2 unspecified atom stereocenters. The van der Waals surface area contributed by atoms with Crippen LogP contribution in [0.15, 0.2) is 48.7 Å². The molecule has 1 aliphatic rings. The van der Waals surface area contributed by atoms with Crippen molar-refractivity contribution >= 4 is 17.4 Å². The Bertz CT molecular complexity index is 906. The summed E-state index contributed by atoms with van der Waals surface area (Å²) < 4.78 is 38.7. The highest BCUT2D eigenvalue weighted by molar-refractivity contribution is 6.02. The molecule has 5 nitrogen and oxygen atoms in total. The van der Waals surface area contributed by atoms with Gasteiger partial charge in [0.05, 0.1) is 17.3 Å². The number of Topliss-reactive ketones (excluding diaryl/α,β-unsaturated/α-hetero) is 1.